The van der Waals surface area contributed by atoms with Crippen LogP contribution in [-0.4, -0.2) is 95.0 Å². The molecule has 2 aliphatic rings. The molecule has 0 bridgehead atoms. The Morgan fingerprint density at radius 3 is 1.52 bits per heavy atom. The average molecular weight is 581 g/mol. The Bertz CT molecular complexity index is 1060. The highest BCUT2D eigenvalue weighted by Gasteiger charge is 2.20. The van der Waals surface area contributed by atoms with Crippen LogP contribution in [0.2, 0.25) is 0 Å². The maximum atomic E-state index is 11.8. The van der Waals surface area contributed by atoms with Crippen molar-refractivity contribution in [3.8, 4) is 0 Å². The van der Waals surface area contributed by atoms with Crippen LogP contribution in [0.15, 0.2) is 48.5 Å². The van der Waals surface area contributed by atoms with E-state index in [1.807, 2.05) is 40.0 Å². The Balaban J connectivity index is 0.000000240. The SMILES string of the molecule is CN(C)C1CCCN(c2ccc(NC(=O)OC(C)(C)C)cc2)CC1.CNc1ccc(N2CCCC(N(C)C)CC2)cc1. The highest BCUT2D eigenvalue weighted by Crippen LogP contribution is 2.24. The third-order valence-electron chi connectivity index (χ3n) is 8.25. The summed E-state index contributed by atoms with van der Waals surface area (Å²) in [5.41, 5.74) is 4.02. The van der Waals surface area contributed by atoms with E-state index in [1.54, 1.807) is 0 Å². The minimum absolute atomic E-state index is 0.418. The fourth-order valence-electron chi connectivity index (χ4n) is 5.72. The van der Waals surface area contributed by atoms with Gasteiger partial charge in [0.25, 0.3) is 0 Å². The molecule has 2 saturated heterocycles. The Labute approximate surface area is 255 Å². The summed E-state index contributed by atoms with van der Waals surface area (Å²) in [5, 5.41) is 5.94. The first-order chi connectivity index (χ1) is 19.9. The lowest BCUT2D eigenvalue weighted by molar-refractivity contribution is 0.0636. The summed E-state index contributed by atoms with van der Waals surface area (Å²) in [7, 11) is 10.7. The first kappa shape index (κ1) is 33.5. The topological polar surface area (TPSA) is 63.3 Å². The van der Waals surface area contributed by atoms with Gasteiger partial charge in [0.1, 0.15) is 5.60 Å². The van der Waals surface area contributed by atoms with Crippen molar-refractivity contribution in [1.82, 2.24) is 9.80 Å². The van der Waals surface area contributed by atoms with Gasteiger partial charge in [-0.25, -0.2) is 4.79 Å². The molecule has 2 aromatic carbocycles. The van der Waals surface area contributed by atoms with Gasteiger partial charge in [0.15, 0.2) is 0 Å². The van der Waals surface area contributed by atoms with E-state index >= 15 is 0 Å². The number of hydrogen-bond donors (Lipinski definition) is 2. The van der Waals surface area contributed by atoms with Gasteiger partial charge in [-0.1, -0.05) is 0 Å². The Kier molecular flexibility index (Phi) is 12.8. The van der Waals surface area contributed by atoms with E-state index in [0.717, 1.165) is 24.8 Å². The van der Waals surface area contributed by atoms with Crippen LogP contribution >= 0.6 is 0 Å². The van der Waals surface area contributed by atoms with Crippen LogP contribution in [-0.2, 0) is 4.74 Å². The minimum atomic E-state index is -0.487. The van der Waals surface area contributed by atoms with Gasteiger partial charge in [-0.15, -0.1) is 0 Å². The Hall–Kier alpha value is -2.97. The molecule has 2 aliphatic heterocycles. The zero-order valence-electron chi connectivity index (χ0n) is 27.4. The second-order valence-electron chi connectivity index (χ2n) is 13.0. The number of anilines is 4. The molecule has 8 heteroatoms. The fourth-order valence-corrected chi connectivity index (χ4v) is 5.72. The van der Waals surface area contributed by atoms with Gasteiger partial charge < -0.3 is 29.7 Å². The maximum absolute atomic E-state index is 11.8. The summed E-state index contributed by atoms with van der Waals surface area (Å²) in [6.07, 6.45) is 7.10. The molecule has 2 atom stereocenters. The third kappa shape index (κ3) is 11.0. The Morgan fingerprint density at radius 1 is 0.714 bits per heavy atom. The standard InChI is InChI=1S/C19H31N3O2.C15H25N3/c1-19(2,3)24-18(23)20-15-8-10-17(11-9-15)22-13-6-7-16(12-14-22)21(4)5;1-16-13-6-8-15(9-7-13)18-11-4-5-14(10-12-18)17(2)3/h8-11,16H,6-7,12-14H2,1-5H3,(H,20,23);6-9,14,16H,4-5,10-12H2,1-3H3. The molecule has 2 fully saturated rings. The van der Waals surface area contributed by atoms with Gasteiger partial charge in [0.05, 0.1) is 0 Å². The number of benzene rings is 2. The molecule has 234 valence electrons. The predicted molar refractivity (Wildman–Crippen MR) is 179 cm³/mol. The zero-order chi connectivity index (χ0) is 30.7. The molecule has 1 amide bonds. The molecule has 2 unspecified atom stereocenters. The number of hydrogen-bond acceptors (Lipinski definition) is 7. The predicted octanol–water partition coefficient (Wildman–Crippen LogP) is 6.60. The molecule has 2 heterocycles. The number of carbonyl (C=O) groups is 1. The van der Waals surface area contributed by atoms with E-state index in [1.165, 1.54) is 68.7 Å². The van der Waals surface area contributed by atoms with Crippen molar-refractivity contribution in [3.63, 3.8) is 0 Å². The van der Waals surface area contributed by atoms with Crippen LogP contribution in [0.25, 0.3) is 0 Å². The Morgan fingerprint density at radius 2 is 1.14 bits per heavy atom. The quantitative estimate of drug-likeness (QED) is 0.399. The molecule has 0 aliphatic carbocycles. The summed E-state index contributed by atoms with van der Waals surface area (Å²) in [5.74, 6) is 0. The van der Waals surface area contributed by atoms with Crippen LogP contribution < -0.4 is 20.4 Å². The summed E-state index contributed by atoms with van der Waals surface area (Å²) in [6, 6.07) is 18.2. The first-order valence-electron chi connectivity index (χ1n) is 15.7. The van der Waals surface area contributed by atoms with Gasteiger partial charge in [-0.2, -0.15) is 0 Å². The van der Waals surface area contributed by atoms with Crippen LogP contribution in [0.3, 0.4) is 0 Å². The van der Waals surface area contributed by atoms with Crippen molar-refractivity contribution in [2.24, 2.45) is 0 Å². The maximum Gasteiger partial charge on any atom is 0.412 e. The van der Waals surface area contributed by atoms with Crippen molar-refractivity contribution < 1.29 is 9.53 Å². The summed E-state index contributed by atoms with van der Waals surface area (Å²) >= 11 is 0. The molecular formula is C34H56N6O2. The zero-order valence-corrected chi connectivity index (χ0v) is 27.4. The minimum Gasteiger partial charge on any atom is -0.444 e. The summed E-state index contributed by atoms with van der Waals surface area (Å²) in [4.78, 5) is 21.5. The van der Waals surface area contributed by atoms with E-state index in [0.29, 0.717) is 6.04 Å². The van der Waals surface area contributed by atoms with Crippen molar-refractivity contribution in [2.75, 3.05) is 81.9 Å². The van der Waals surface area contributed by atoms with Gasteiger partial charge in [-0.3, -0.25) is 5.32 Å². The van der Waals surface area contributed by atoms with E-state index < -0.39 is 11.7 Å². The van der Waals surface area contributed by atoms with Crippen LogP contribution in [0.5, 0.6) is 0 Å². The molecule has 42 heavy (non-hydrogen) atoms. The van der Waals surface area contributed by atoms with Crippen LogP contribution in [0, 0.1) is 0 Å². The van der Waals surface area contributed by atoms with Crippen molar-refractivity contribution in [3.05, 3.63) is 48.5 Å². The fraction of sp³-hybridized carbons (Fsp3) is 0.618. The smallest absolute Gasteiger partial charge is 0.412 e. The van der Waals surface area contributed by atoms with Crippen LogP contribution in [0.4, 0.5) is 27.5 Å². The second-order valence-corrected chi connectivity index (χ2v) is 13.0. The van der Waals surface area contributed by atoms with Crippen molar-refractivity contribution >= 4 is 28.8 Å². The van der Waals surface area contributed by atoms with E-state index in [-0.39, 0.29) is 0 Å². The van der Waals surface area contributed by atoms with Crippen LogP contribution in [0.1, 0.15) is 59.3 Å². The van der Waals surface area contributed by atoms with E-state index in [2.05, 4.69) is 94.8 Å². The summed E-state index contributed by atoms with van der Waals surface area (Å²) in [6.45, 7) is 10.1. The first-order valence-corrected chi connectivity index (χ1v) is 15.7. The third-order valence-corrected chi connectivity index (χ3v) is 8.25. The molecule has 0 aromatic heterocycles. The second kappa shape index (κ2) is 16.0. The van der Waals surface area contributed by atoms with Gasteiger partial charge in [0.2, 0.25) is 0 Å². The summed E-state index contributed by atoms with van der Waals surface area (Å²) < 4.78 is 5.27. The number of ether oxygens (including phenoxy) is 1. The molecule has 8 nitrogen and oxygen atoms in total. The van der Waals surface area contributed by atoms with Crippen molar-refractivity contribution in [1.29, 1.82) is 0 Å². The number of carbonyl (C=O) groups excluding carboxylic acids is 1. The lowest BCUT2D eigenvalue weighted by Crippen LogP contribution is -2.30. The lowest BCUT2D eigenvalue weighted by atomic mass is 10.1. The van der Waals surface area contributed by atoms with Gasteiger partial charge >= 0.3 is 6.09 Å². The number of nitrogens with zero attached hydrogens (tertiary/aromatic N) is 4. The molecule has 2 N–H and O–H groups in total. The molecule has 2 aromatic rings. The number of nitrogens with one attached hydrogen (secondary N) is 2. The largest absolute Gasteiger partial charge is 0.444 e. The lowest BCUT2D eigenvalue weighted by Gasteiger charge is -2.25. The van der Waals surface area contributed by atoms with Gasteiger partial charge in [0, 0.05) is 68.1 Å². The molecule has 0 saturated carbocycles. The van der Waals surface area contributed by atoms with E-state index in [4.69, 9.17) is 4.74 Å². The highest BCUT2D eigenvalue weighted by atomic mass is 16.6. The number of rotatable bonds is 6. The molecular weight excluding hydrogens is 524 g/mol. The normalized spacial score (nSPS) is 19.9. The highest BCUT2D eigenvalue weighted by molar-refractivity contribution is 5.85. The number of amides is 1. The molecule has 0 radical (unpaired) electrons. The molecule has 4 rings (SSSR count). The van der Waals surface area contributed by atoms with E-state index in [9.17, 15) is 4.79 Å². The van der Waals surface area contributed by atoms with Crippen molar-refractivity contribution in [2.45, 2.75) is 77.0 Å². The van der Waals surface area contributed by atoms with Gasteiger partial charge in [-0.05, 0) is 136 Å². The average Bonchev–Trinajstić information content (AvgIpc) is 3.35. The molecule has 0 spiro atoms. The monoisotopic (exact) mass is 580 g/mol.